The lowest BCUT2D eigenvalue weighted by atomic mass is 10.1. The average Bonchev–Trinajstić information content (AvgIpc) is 2.68. The summed E-state index contributed by atoms with van der Waals surface area (Å²) >= 11 is 5.36. The lowest BCUT2D eigenvalue weighted by molar-refractivity contribution is -0.137. The van der Waals surface area contributed by atoms with Crippen LogP contribution in [0.15, 0.2) is 36.4 Å². The Labute approximate surface area is 173 Å². The molecule has 0 bridgehead atoms. The van der Waals surface area contributed by atoms with Gasteiger partial charge in [-0.15, -0.1) is 11.6 Å². The van der Waals surface area contributed by atoms with Gasteiger partial charge < -0.3 is 20.7 Å². The molecule has 1 aliphatic rings. The minimum atomic E-state index is -4.74. The van der Waals surface area contributed by atoms with Crippen molar-refractivity contribution >= 4 is 46.4 Å². The van der Waals surface area contributed by atoms with E-state index in [2.05, 4.69) is 16.0 Å². The number of hydrogen-bond donors (Lipinski definition) is 3. The molecule has 3 rings (SSSR count). The van der Waals surface area contributed by atoms with Crippen molar-refractivity contribution in [3.8, 4) is 5.75 Å². The number of nitrogens with one attached hydrogen (secondary N) is 3. The molecule has 0 spiro atoms. The van der Waals surface area contributed by atoms with Gasteiger partial charge in [-0.3, -0.25) is 14.4 Å². The Bertz CT molecular complexity index is 1030. The lowest BCUT2D eigenvalue weighted by Crippen LogP contribution is -2.34. The first-order valence-corrected chi connectivity index (χ1v) is 9.11. The quantitative estimate of drug-likeness (QED) is 0.628. The van der Waals surface area contributed by atoms with E-state index in [-0.39, 0.29) is 22.8 Å². The maximum atomic E-state index is 13.2. The van der Waals surface area contributed by atoms with Gasteiger partial charge in [0, 0.05) is 16.9 Å². The van der Waals surface area contributed by atoms with Gasteiger partial charge in [0.05, 0.1) is 11.3 Å². The number of hydrogen-bond acceptors (Lipinski definition) is 4. The van der Waals surface area contributed by atoms with Crippen LogP contribution >= 0.6 is 11.6 Å². The van der Waals surface area contributed by atoms with E-state index >= 15 is 0 Å². The Hall–Kier alpha value is -3.27. The summed E-state index contributed by atoms with van der Waals surface area (Å²) in [5.41, 5.74) is -1.13. The molecule has 2 aromatic carbocycles. The molecule has 1 heterocycles. The van der Waals surface area contributed by atoms with Gasteiger partial charge in [0.2, 0.25) is 5.91 Å². The van der Waals surface area contributed by atoms with E-state index < -0.39 is 35.5 Å². The molecular formula is C19H15ClF3N3O4. The zero-order chi connectivity index (χ0) is 22.1. The second-order valence-electron chi connectivity index (χ2n) is 6.39. The monoisotopic (exact) mass is 441 g/mol. The van der Waals surface area contributed by atoms with Crippen LogP contribution in [0.4, 0.5) is 30.2 Å². The van der Waals surface area contributed by atoms with Crippen molar-refractivity contribution in [1.82, 2.24) is 0 Å². The smallest absolute Gasteiger partial charge is 0.416 e. The fourth-order valence-corrected chi connectivity index (χ4v) is 2.75. The summed E-state index contributed by atoms with van der Waals surface area (Å²) in [6.45, 7) is 1.57. The summed E-state index contributed by atoms with van der Waals surface area (Å²) < 4.78 is 45.0. The van der Waals surface area contributed by atoms with Gasteiger partial charge in [0.15, 0.2) is 6.10 Å². The second kappa shape index (κ2) is 8.23. The third-order valence-corrected chi connectivity index (χ3v) is 4.34. The number of rotatable bonds is 4. The van der Waals surface area contributed by atoms with E-state index in [1.807, 2.05) is 0 Å². The molecule has 0 fully saturated rings. The topological polar surface area (TPSA) is 96.5 Å². The number of alkyl halides is 4. The number of benzene rings is 2. The summed E-state index contributed by atoms with van der Waals surface area (Å²) in [4.78, 5) is 35.7. The number of fused-ring (bicyclic) bond motifs is 1. The zero-order valence-electron chi connectivity index (χ0n) is 15.4. The van der Waals surface area contributed by atoms with E-state index in [9.17, 15) is 27.6 Å². The second-order valence-corrected chi connectivity index (χ2v) is 6.66. The third-order valence-electron chi connectivity index (χ3n) is 4.10. The minimum Gasteiger partial charge on any atom is -0.479 e. The van der Waals surface area contributed by atoms with Crippen LogP contribution < -0.4 is 20.7 Å². The Kier molecular flexibility index (Phi) is 5.88. The molecular weight excluding hydrogens is 427 g/mol. The highest BCUT2D eigenvalue weighted by Crippen LogP contribution is 2.34. The van der Waals surface area contributed by atoms with E-state index in [0.29, 0.717) is 23.6 Å². The van der Waals surface area contributed by atoms with Gasteiger partial charge in [-0.25, -0.2) is 0 Å². The summed E-state index contributed by atoms with van der Waals surface area (Å²) in [5, 5.41) is 7.26. The fraction of sp³-hybridized carbons (Fsp3) is 0.211. The Balaban J connectivity index is 1.87. The molecule has 11 heteroatoms. The van der Waals surface area contributed by atoms with Crippen molar-refractivity contribution in [2.75, 3.05) is 21.8 Å². The molecule has 0 aliphatic carbocycles. The van der Waals surface area contributed by atoms with Crippen molar-refractivity contribution in [2.45, 2.75) is 19.2 Å². The number of amides is 3. The number of ether oxygens (including phenoxy) is 1. The van der Waals surface area contributed by atoms with Gasteiger partial charge in [-0.05, 0) is 43.3 Å². The molecule has 3 amide bonds. The molecule has 158 valence electrons. The Morgan fingerprint density at radius 2 is 1.87 bits per heavy atom. The number of anilines is 3. The van der Waals surface area contributed by atoms with Crippen molar-refractivity contribution in [3.63, 3.8) is 0 Å². The lowest BCUT2D eigenvalue weighted by Gasteiger charge is -2.23. The SMILES string of the molecule is CC1Oc2ccc(NC(=O)c3cc(NC(=O)CCl)cc(C(F)(F)F)c3)cc2NC1=O. The number of carbonyl (C=O) groups is 3. The van der Waals surface area contributed by atoms with Crippen molar-refractivity contribution in [3.05, 3.63) is 47.5 Å². The van der Waals surface area contributed by atoms with E-state index in [1.54, 1.807) is 6.92 Å². The standard InChI is InChI=1S/C19H15ClF3N3O4/c1-9-17(28)26-14-7-12(2-3-15(14)30-9)25-18(29)10-4-11(19(21,22)23)6-13(5-10)24-16(27)8-20/h2-7,9H,8H2,1H3,(H,24,27)(H,25,29)(H,26,28). The number of carbonyl (C=O) groups excluding carboxylic acids is 3. The number of halogens is 4. The highest BCUT2D eigenvalue weighted by molar-refractivity contribution is 6.29. The van der Waals surface area contributed by atoms with Crippen LogP contribution in [0.3, 0.4) is 0 Å². The normalized spacial score (nSPS) is 15.5. The highest BCUT2D eigenvalue weighted by Gasteiger charge is 2.32. The molecule has 1 aliphatic heterocycles. The van der Waals surface area contributed by atoms with Crippen LogP contribution in [0.5, 0.6) is 5.75 Å². The highest BCUT2D eigenvalue weighted by atomic mass is 35.5. The zero-order valence-corrected chi connectivity index (χ0v) is 16.1. The van der Waals surface area contributed by atoms with Crippen LogP contribution in [0, 0.1) is 0 Å². The maximum Gasteiger partial charge on any atom is 0.416 e. The molecule has 3 N–H and O–H groups in total. The molecule has 30 heavy (non-hydrogen) atoms. The van der Waals surface area contributed by atoms with E-state index in [4.69, 9.17) is 16.3 Å². The minimum absolute atomic E-state index is 0.222. The average molecular weight is 442 g/mol. The summed E-state index contributed by atoms with van der Waals surface area (Å²) in [5.74, 6) is -2.01. The third kappa shape index (κ3) is 4.82. The molecule has 0 aromatic heterocycles. The van der Waals surface area contributed by atoms with E-state index in [1.165, 1.54) is 18.2 Å². The maximum absolute atomic E-state index is 13.2. The van der Waals surface area contributed by atoms with E-state index in [0.717, 1.165) is 6.07 Å². The summed E-state index contributed by atoms with van der Waals surface area (Å²) in [6.07, 6.45) is -5.41. The van der Waals surface area contributed by atoms with Gasteiger partial charge in [0.25, 0.3) is 11.8 Å². The Morgan fingerprint density at radius 1 is 1.13 bits per heavy atom. The first-order chi connectivity index (χ1) is 14.1. The molecule has 2 aromatic rings. The van der Waals surface area contributed by atoms with Gasteiger partial charge in [-0.2, -0.15) is 13.2 Å². The van der Waals surface area contributed by atoms with Crippen molar-refractivity contribution in [2.24, 2.45) is 0 Å². The van der Waals surface area contributed by atoms with Crippen LogP contribution in [0.1, 0.15) is 22.8 Å². The van der Waals surface area contributed by atoms with Gasteiger partial charge in [-0.1, -0.05) is 0 Å². The first kappa shape index (κ1) is 21.4. The molecule has 7 nitrogen and oxygen atoms in total. The molecule has 0 radical (unpaired) electrons. The predicted octanol–water partition coefficient (Wildman–Crippen LogP) is 3.85. The summed E-state index contributed by atoms with van der Waals surface area (Å²) in [7, 11) is 0. The van der Waals surface area contributed by atoms with Crippen LogP contribution in [-0.4, -0.2) is 29.7 Å². The fourth-order valence-electron chi connectivity index (χ4n) is 2.68. The van der Waals surface area contributed by atoms with Crippen LogP contribution in [0.2, 0.25) is 0 Å². The molecule has 1 unspecified atom stereocenters. The largest absolute Gasteiger partial charge is 0.479 e. The van der Waals surface area contributed by atoms with Crippen LogP contribution in [-0.2, 0) is 15.8 Å². The summed E-state index contributed by atoms with van der Waals surface area (Å²) in [6, 6.07) is 6.87. The first-order valence-electron chi connectivity index (χ1n) is 8.58. The Morgan fingerprint density at radius 3 is 2.53 bits per heavy atom. The predicted molar refractivity (Wildman–Crippen MR) is 104 cm³/mol. The molecule has 1 atom stereocenters. The molecule has 0 saturated carbocycles. The van der Waals surface area contributed by atoms with Crippen molar-refractivity contribution in [1.29, 1.82) is 0 Å². The van der Waals surface area contributed by atoms with Crippen molar-refractivity contribution < 1.29 is 32.3 Å². The van der Waals surface area contributed by atoms with Gasteiger partial charge in [0.1, 0.15) is 11.6 Å². The van der Waals surface area contributed by atoms with Crippen LogP contribution in [0.25, 0.3) is 0 Å². The van der Waals surface area contributed by atoms with Gasteiger partial charge >= 0.3 is 6.18 Å². The molecule has 0 saturated heterocycles.